The number of carbonyl (C=O) groups is 1. The molecular weight excluding hydrogens is 400 g/mol. The molecule has 0 aliphatic heterocycles. The molecule has 0 amide bonds. The second-order valence-electron chi connectivity index (χ2n) is 6.59. The molecule has 7 nitrogen and oxygen atoms in total. The summed E-state index contributed by atoms with van der Waals surface area (Å²) in [5, 5.41) is 4.84. The average Bonchev–Trinajstić information content (AvgIpc) is 3.16. The Bertz CT molecular complexity index is 907. The van der Waals surface area contributed by atoms with Crippen molar-refractivity contribution < 1.29 is 22.7 Å². The van der Waals surface area contributed by atoms with Gasteiger partial charge >= 0.3 is 5.97 Å². The lowest BCUT2D eigenvalue weighted by Crippen LogP contribution is -2.16. The standard InChI is InChI=1S/C19H26N2O5S2/c1-13(2)6-5-10-20-14-7-8-15(16(12-14)25-3)21-28(23,24)17-9-11-27-18(17)19(22)26-4/h7-9,11-13,20-21H,5-6,10H2,1-4H3. The number of rotatable bonds is 10. The Morgan fingerprint density at radius 3 is 2.61 bits per heavy atom. The van der Waals surface area contributed by atoms with Crippen LogP contribution in [0.15, 0.2) is 34.5 Å². The fourth-order valence-electron chi connectivity index (χ4n) is 2.58. The van der Waals surface area contributed by atoms with E-state index in [0.717, 1.165) is 36.4 Å². The van der Waals surface area contributed by atoms with E-state index >= 15 is 0 Å². The number of nitrogens with one attached hydrogen (secondary N) is 2. The van der Waals surface area contributed by atoms with Gasteiger partial charge in [0, 0.05) is 18.3 Å². The summed E-state index contributed by atoms with van der Waals surface area (Å²) in [5.41, 5.74) is 1.13. The predicted molar refractivity (Wildman–Crippen MR) is 112 cm³/mol. The molecule has 9 heteroatoms. The first-order valence-corrected chi connectivity index (χ1v) is 11.2. The Kier molecular flexibility index (Phi) is 7.70. The normalized spacial score (nSPS) is 11.3. The van der Waals surface area contributed by atoms with E-state index in [1.165, 1.54) is 25.7 Å². The Hall–Kier alpha value is -2.26. The van der Waals surface area contributed by atoms with E-state index in [0.29, 0.717) is 11.7 Å². The highest BCUT2D eigenvalue weighted by molar-refractivity contribution is 7.93. The van der Waals surface area contributed by atoms with Gasteiger partial charge in [0.25, 0.3) is 10.0 Å². The quantitative estimate of drug-likeness (QED) is 0.437. The molecule has 0 atom stereocenters. The second-order valence-corrected chi connectivity index (χ2v) is 9.16. The summed E-state index contributed by atoms with van der Waals surface area (Å²) in [6.45, 7) is 5.19. The third kappa shape index (κ3) is 5.62. The monoisotopic (exact) mass is 426 g/mol. The van der Waals surface area contributed by atoms with E-state index in [-0.39, 0.29) is 15.5 Å². The highest BCUT2D eigenvalue weighted by atomic mass is 32.2. The summed E-state index contributed by atoms with van der Waals surface area (Å²) >= 11 is 1.01. The number of thiophene rings is 1. The van der Waals surface area contributed by atoms with Crippen LogP contribution in [0, 0.1) is 5.92 Å². The van der Waals surface area contributed by atoms with Crippen molar-refractivity contribution in [3.8, 4) is 5.75 Å². The maximum absolute atomic E-state index is 12.7. The summed E-state index contributed by atoms with van der Waals surface area (Å²) in [6.07, 6.45) is 2.17. The summed E-state index contributed by atoms with van der Waals surface area (Å²) in [5.74, 6) is 0.343. The highest BCUT2D eigenvalue weighted by Gasteiger charge is 2.25. The summed E-state index contributed by atoms with van der Waals surface area (Å²) < 4.78 is 38.0. The van der Waals surface area contributed by atoms with Gasteiger partial charge in [0.15, 0.2) is 0 Å². The molecule has 2 N–H and O–H groups in total. The summed E-state index contributed by atoms with van der Waals surface area (Å²) in [6, 6.07) is 6.52. The van der Waals surface area contributed by atoms with Crippen LogP contribution >= 0.6 is 11.3 Å². The van der Waals surface area contributed by atoms with Crippen molar-refractivity contribution in [1.29, 1.82) is 0 Å². The summed E-state index contributed by atoms with van der Waals surface area (Å²) in [7, 11) is -1.29. The number of benzene rings is 1. The van der Waals surface area contributed by atoms with Crippen LogP contribution in [0.3, 0.4) is 0 Å². The van der Waals surface area contributed by atoms with Crippen LogP contribution in [0.4, 0.5) is 11.4 Å². The van der Waals surface area contributed by atoms with Crippen molar-refractivity contribution in [3.05, 3.63) is 34.5 Å². The zero-order valence-electron chi connectivity index (χ0n) is 16.4. The van der Waals surface area contributed by atoms with Crippen molar-refractivity contribution in [2.75, 3.05) is 30.8 Å². The molecule has 1 aromatic heterocycles. The fraction of sp³-hybridized carbons (Fsp3) is 0.421. The minimum atomic E-state index is -3.97. The van der Waals surface area contributed by atoms with E-state index in [2.05, 4.69) is 28.6 Å². The van der Waals surface area contributed by atoms with Crippen LogP contribution < -0.4 is 14.8 Å². The molecular formula is C19H26N2O5S2. The summed E-state index contributed by atoms with van der Waals surface area (Å²) in [4.78, 5) is 11.7. The van der Waals surface area contributed by atoms with E-state index in [1.807, 2.05) is 0 Å². The molecule has 0 radical (unpaired) electrons. The third-order valence-electron chi connectivity index (χ3n) is 4.02. The first-order chi connectivity index (χ1) is 13.3. The molecule has 0 aliphatic carbocycles. The van der Waals surface area contributed by atoms with Gasteiger partial charge in [0.05, 0.1) is 19.9 Å². The van der Waals surface area contributed by atoms with Crippen molar-refractivity contribution in [2.24, 2.45) is 5.92 Å². The van der Waals surface area contributed by atoms with Crippen LogP contribution in [-0.2, 0) is 14.8 Å². The SMILES string of the molecule is COC(=O)c1sccc1S(=O)(=O)Nc1ccc(NCCCC(C)C)cc1OC. The molecule has 28 heavy (non-hydrogen) atoms. The number of ether oxygens (including phenoxy) is 2. The first kappa shape index (κ1) is 22.0. The molecule has 0 fully saturated rings. The number of methoxy groups -OCH3 is 2. The lowest BCUT2D eigenvalue weighted by atomic mass is 10.1. The maximum Gasteiger partial charge on any atom is 0.349 e. The molecule has 1 heterocycles. The van der Waals surface area contributed by atoms with Gasteiger partial charge in [0.2, 0.25) is 0 Å². The van der Waals surface area contributed by atoms with Crippen LogP contribution in [-0.4, -0.2) is 35.2 Å². The van der Waals surface area contributed by atoms with Gasteiger partial charge < -0.3 is 14.8 Å². The van der Waals surface area contributed by atoms with Crippen LogP contribution in [0.2, 0.25) is 0 Å². The van der Waals surface area contributed by atoms with Crippen LogP contribution in [0.25, 0.3) is 0 Å². The van der Waals surface area contributed by atoms with E-state index in [9.17, 15) is 13.2 Å². The van der Waals surface area contributed by atoms with Gasteiger partial charge in [-0.25, -0.2) is 13.2 Å². The first-order valence-electron chi connectivity index (χ1n) is 8.89. The van der Waals surface area contributed by atoms with E-state index < -0.39 is 16.0 Å². The fourth-order valence-corrected chi connectivity index (χ4v) is 4.99. The number of anilines is 2. The van der Waals surface area contributed by atoms with Crippen molar-refractivity contribution in [2.45, 2.75) is 31.6 Å². The lowest BCUT2D eigenvalue weighted by molar-refractivity contribution is 0.0602. The Morgan fingerprint density at radius 2 is 1.96 bits per heavy atom. The zero-order chi connectivity index (χ0) is 20.7. The molecule has 154 valence electrons. The Labute approximate surface area is 170 Å². The van der Waals surface area contributed by atoms with E-state index in [1.54, 1.807) is 18.2 Å². The average molecular weight is 427 g/mol. The Balaban J connectivity index is 2.17. The topological polar surface area (TPSA) is 93.7 Å². The van der Waals surface area contributed by atoms with Crippen molar-refractivity contribution in [3.63, 3.8) is 0 Å². The molecule has 0 unspecified atom stereocenters. The maximum atomic E-state index is 12.7. The molecule has 0 saturated heterocycles. The number of hydrogen-bond acceptors (Lipinski definition) is 7. The van der Waals surface area contributed by atoms with Crippen LogP contribution in [0.1, 0.15) is 36.4 Å². The highest BCUT2D eigenvalue weighted by Crippen LogP contribution is 2.31. The smallest absolute Gasteiger partial charge is 0.349 e. The Morgan fingerprint density at radius 1 is 1.21 bits per heavy atom. The molecule has 0 bridgehead atoms. The van der Waals surface area contributed by atoms with Gasteiger partial charge in [0.1, 0.15) is 15.5 Å². The van der Waals surface area contributed by atoms with Gasteiger partial charge in [-0.1, -0.05) is 13.8 Å². The predicted octanol–water partition coefficient (Wildman–Crippen LogP) is 4.19. The minimum absolute atomic E-state index is 0.0254. The van der Waals surface area contributed by atoms with Gasteiger partial charge in [-0.05, 0) is 42.3 Å². The minimum Gasteiger partial charge on any atom is -0.494 e. The number of hydrogen-bond donors (Lipinski definition) is 2. The van der Waals surface area contributed by atoms with Crippen molar-refractivity contribution in [1.82, 2.24) is 0 Å². The lowest BCUT2D eigenvalue weighted by Gasteiger charge is -2.14. The molecule has 0 aliphatic rings. The molecule has 0 saturated carbocycles. The van der Waals surface area contributed by atoms with Crippen molar-refractivity contribution >= 4 is 38.7 Å². The molecule has 1 aromatic carbocycles. The molecule has 0 spiro atoms. The third-order valence-corrected chi connectivity index (χ3v) is 6.45. The van der Waals surface area contributed by atoms with Gasteiger partial charge in [-0.15, -0.1) is 11.3 Å². The number of sulfonamides is 1. The van der Waals surface area contributed by atoms with Gasteiger partial charge in [-0.3, -0.25) is 4.72 Å². The molecule has 2 rings (SSSR count). The number of esters is 1. The van der Waals surface area contributed by atoms with Gasteiger partial charge in [-0.2, -0.15) is 0 Å². The largest absolute Gasteiger partial charge is 0.494 e. The van der Waals surface area contributed by atoms with E-state index in [4.69, 9.17) is 4.74 Å². The zero-order valence-corrected chi connectivity index (χ0v) is 18.1. The molecule has 2 aromatic rings. The van der Waals surface area contributed by atoms with Crippen LogP contribution in [0.5, 0.6) is 5.75 Å². The number of carbonyl (C=O) groups excluding carboxylic acids is 1. The second kappa shape index (κ2) is 9.79.